The van der Waals surface area contributed by atoms with E-state index in [1.807, 2.05) is 12.1 Å². The number of ether oxygens (including phenoxy) is 3. The maximum Gasteiger partial charge on any atom is 0.338 e. The van der Waals surface area contributed by atoms with Crippen LogP contribution >= 0.6 is 0 Å². The number of rotatable bonds is 7. The molecule has 1 aliphatic rings. The Morgan fingerprint density at radius 1 is 1.07 bits per heavy atom. The first-order chi connectivity index (χ1) is 14.5. The molecule has 0 saturated carbocycles. The highest BCUT2D eigenvalue weighted by Gasteiger charge is 2.21. The van der Waals surface area contributed by atoms with E-state index in [9.17, 15) is 14.4 Å². The Hall–Kier alpha value is -4.06. The molecule has 0 bridgehead atoms. The fourth-order valence-electron chi connectivity index (χ4n) is 2.62. The highest BCUT2D eigenvalue weighted by molar-refractivity contribution is 5.94. The van der Waals surface area contributed by atoms with Gasteiger partial charge in [-0.25, -0.2) is 4.79 Å². The molecule has 0 aromatic heterocycles. The SMILES string of the molecule is N#CCC(=O)Nc1ccc(C(=O)OCC(=O)NC[C@H]2COc3ccccc3O2)cc1. The van der Waals surface area contributed by atoms with E-state index in [1.165, 1.54) is 24.3 Å². The predicted molar refractivity (Wildman–Crippen MR) is 105 cm³/mol. The zero-order valence-electron chi connectivity index (χ0n) is 15.9. The maximum atomic E-state index is 12.1. The molecule has 9 nitrogen and oxygen atoms in total. The molecular weight excluding hydrogens is 390 g/mol. The molecule has 154 valence electrons. The van der Waals surface area contributed by atoms with Crippen LogP contribution in [0.4, 0.5) is 5.69 Å². The van der Waals surface area contributed by atoms with Crippen molar-refractivity contribution in [2.24, 2.45) is 0 Å². The Labute approximate surface area is 172 Å². The topological polar surface area (TPSA) is 127 Å². The number of fused-ring (bicyclic) bond motifs is 1. The maximum absolute atomic E-state index is 12.1. The third kappa shape index (κ3) is 5.72. The van der Waals surface area contributed by atoms with Crippen LogP contribution < -0.4 is 20.1 Å². The molecule has 9 heteroatoms. The molecule has 1 atom stereocenters. The Kier molecular flexibility index (Phi) is 6.84. The van der Waals surface area contributed by atoms with Gasteiger partial charge in [0, 0.05) is 5.69 Å². The van der Waals surface area contributed by atoms with E-state index >= 15 is 0 Å². The van der Waals surface area contributed by atoms with E-state index in [2.05, 4.69) is 10.6 Å². The van der Waals surface area contributed by atoms with Gasteiger partial charge in [-0.2, -0.15) is 5.26 Å². The average molecular weight is 409 g/mol. The average Bonchev–Trinajstić information content (AvgIpc) is 2.76. The Balaban J connectivity index is 1.40. The number of hydrogen-bond acceptors (Lipinski definition) is 7. The quantitative estimate of drug-likeness (QED) is 0.666. The number of esters is 1. The van der Waals surface area contributed by atoms with Gasteiger partial charge in [0.25, 0.3) is 5.91 Å². The molecule has 3 rings (SSSR count). The van der Waals surface area contributed by atoms with Crippen LogP contribution in [0.5, 0.6) is 11.5 Å². The zero-order valence-corrected chi connectivity index (χ0v) is 15.9. The first-order valence-electron chi connectivity index (χ1n) is 9.14. The van der Waals surface area contributed by atoms with E-state index in [-0.39, 0.29) is 24.6 Å². The second kappa shape index (κ2) is 9.93. The van der Waals surface area contributed by atoms with E-state index in [1.54, 1.807) is 18.2 Å². The van der Waals surface area contributed by atoms with Gasteiger partial charge >= 0.3 is 5.97 Å². The third-order valence-electron chi connectivity index (χ3n) is 4.07. The number of amides is 2. The summed E-state index contributed by atoms with van der Waals surface area (Å²) < 4.78 is 16.3. The van der Waals surface area contributed by atoms with Gasteiger partial charge in [0.15, 0.2) is 18.1 Å². The number of para-hydroxylation sites is 2. The van der Waals surface area contributed by atoms with Crippen LogP contribution in [0.25, 0.3) is 0 Å². The second-order valence-corrected chi connectivity index (χ2v) is 6.34. The van der Waals surface area contributed by atoms with Gasteiger partial charge in [-0.15, -0.1) is 0 Å². The highest BCUT2D eigenvalue weighted by Crippen LogP contribution is 2.30. The Morgan fingerprint density at radius 2 is 1.80 bits per heavy atom. The first-order valence-corrected chi connectivity index (χ1v) is 9.14. The number of nitrogens with zero attached hydrogens (tertiary/aromatic N) is 1. The molecule has 0 spiro atoms. The van der Waals surface area contributed by atoms with Gasteiger partial charge in [0.1, 0.15) is 19.1 Å². The lowest BCUT2D eigenvalue weighted by atomic mass is 10.2. The minimum Gasteiger partial charge on any atom is -0.486 e. The molecule has 2 aromatic carbocycles. The number of nitrogens with one attached hydrogen (secondary N) is 2. The van der Waals surface area contributed by atoms with Crippen LogP contribution in [0, 0.1) is 11.3 Å². The summed E-state index contributed by atoms with van der Waals surface area (Å²) in [5.74, 6) is -0.316. The van der Waals surface area contributed by atoms with Gasteiger partial charge < -0.3 is 24.8 Å². The monoisotopic (exact) mass is 409 g/mol. The van der Waals surface area contributed by atoms with Crippen molar-refractivity contribution in [3.05, 3.63) is 54.1 Å². The fraction of sp³-hybridized carbons (Fsp3) is 0.238. The van der Waals surface area contributed by atoms with E-state index in [4.69, 9.17) is 19.5 Å². The molecule has 2 N–H and O–H groups in total. The normalized spacial score (nSPS) is 14.2. The van der Waals surface area contributed by atoms with Crippen molar-refractivity contribution in [3.8, 4) is 17.6 Å². The lowest BCUT2D eigenvalue weighted by molar-refractivity contribution is -0.124. The molecule has 0 aliphatic carbocycles. The third-order valence-corrected chi connectivity index (χ3v) is 4.07. The van der Waals surface area contributed by atoms with Gasteiger partial charge in [0.05, 0.1) is 18.2 Å². The van der Waals surface area contributed by atoms with Crippen molar-refractivity contribution in [2.75, 3.05) is 25.1 Å². The second-order valence-electron chi connectivity index (χ2n) is 6.34. The Bertz CT molecular complexity index is 967. The van der Waals surface area contributed by atoms with Crippen LogP contribution in [-0.4, -0.2) is 43.6 Å². The van der Waals surface area contributed by atoms with Crippen LogP contribution in [0.1, 0.15) is 16.8 Å². The summed E-state index contributed by atoms with van der Waals surface area (Å²) in [6, 6.07) is 14.9. The lowest BCUT2D eigenvalue weighted by Crippen LogP contribution is -2.42. The number of carbonyl (C=O) groups excluding carboxylic acids is 3. The summed E-state index contributed by atoms with van der Waals surface area (Å²) in [7, 11) is 0. The molecule has 2 aromatic rings. The number of carbonyl (C=O) groups is 3. The summed E-state index contributed by atoms with van der Waals surface area (Å²) >= 11 is 0. The van der Waals surface area contributed by atoms with Crippen LogP contribution in [0.15, 0.2) is 48.5 Å². The van der Waals surface area contributed by atoms with Crippen LogP contribution in [0.3, 0.4) is 0 Å². The van der Waals surface area contributed by atoms with Crippen molar-refractivity contribution in [1.29, 1.82) is 5.26 Å². The molecule has 2 amide bonds. The summed E-state index contributed by atoms with van der Waals surface area (Å²) in [5.41, 5.74) is 0.669. The molecule has 30 heavy (non-hydrogen) atoms. The fourth-order valence-corrected chi connectivity index (χ4v) is 2.62. The van der Waals surface area contributed by atoms with Crippen molar-refractivity contribution in [2.45, 2.75) is 12.5 Å². The molecule has 0 radical (unpaired) electrons. The molecule has 0 unspecified atom stereocenters. The predicted octanol–water partition coefficient (Wildman–Crippen LogP) is 1.65. The standard InChI is InChI=1S/C21H19N3O6/c22-10-9-19(25)24-15-7-5-14(6-8-15)21(27)29-13-20(26)23-11-16-12-28-17-3-1-2-4-18(17)30-16/h1-8,16H,9,11-13H2,(H,23,26)(H,24,25)/t16-/m0/s1. The summed E-state index contributed by atoms with van der Waals surface area (Å²) in [6.45, 7) is 0.0692. The molecular formula is C21H19N3O6. The number of anilines is 1. The minimum absolute atomic E-state index is 0.210. The van der Waals surface area contributed by atoms with Crippen molar-refractivity contribution < 1.29 is 28.6 Å². The first kappa shape index (κ1) is 20.7. The van der Waals surface area contributed by atoms with E-state index in [0.717, 1.165) is 0 Å². The highest BCUT2D eigenvalue weighted by atomic mass is 16.6. The smallest absolute Gasteiger partial charge is 0.338 e. The minimum atomic E-state index is -0.675. The van der Waals surface area contributed by atoms with E-state index < -0.39 is 24.4 Å². The molecule has 1 heterocycles. The number of benzene rings is 2. The van der Waals surface area contributed by atoms with Crippen molar-refractivity contribution >= 4 is 23.5 Å². The molecule has 0 saturated heterocycles. The van der Waals surface area contributed by atoms with Gasteiger partial charge in [-0.1, -0.05) is 12.1 Å². The lowest BCUT2D eigenvalue weighted by Gasteiger charge is -2.26. The number of hydrogen-bond donors (Lipinski definition) is 2. The van der Waals surface area contributed by atoms with Gasteiger partial charge in [-0.3, -0.25) is 9.59 Å². The van der Waals surface area contributed by atoms with Crippen LogP contribution in [0.2, 0.25) is 0 Å². The summed E-state index contributed by atoms with van der Waals surface area (Å²) in [5, 5.41) is 13.6. The number of nitriles is 1. The van der Waals surface area contributed by atoms with Crippen LogP contribution in [-0.2, 0) is 14.3 Å². The van der Waals surface area contributed by atoms with Crippen molar-refractivity contribution in [3.63, 3.8) is 0 Å². The largest absolute Gasteiger partial charge is 0.486 e. The molecule has 1 aliphatic heterocycles. The van der Waals surface area contributed by atoms with Gasteiger partial charge in [0.2, 0.25) is 5.91 Å². The van der Waals surface area contributed by atoms with Gasteiger partial charge in [-0.05, 0) is 36.4 Å². The Morgan fingerprint density at radius 3 is 2.53 bits per heavy atom. The van der Waals surface area contributed by atoms with Crippen molar-refractivity contribution in [1.82, 2.24) is 5.32 Å². The summed E-state index contributed by atoms with van der Waals surface area (Å²) in [6.07, 6.45) is -0.605. The summed E-state index contributed by atoms with van der Waals surface area (Å²) in [4.78, 5) is 35.4. The zero-order chi connectivity index (χ0) is 21.3. The molecule has 0 fully saturated rings. The van der Waals surface area contributed by atoms with E-state index in [0.29, 0.717) is 23.8 Å².